The minimum Gasteiger partial charge on any atom is -0.372 e. The van der Waals surface area contributed by atoms with Gasteiger partial charge < -0.3 is 14.7 Å². The van der Waals surface area contributed by atoms with Crippen LogP contribution in [0.4, 0.5) is 45.5 Å². The topological polar surface area (TPSA) is 20.4 Å². The van der Waals surface area contributed by atoms with E-state index in [1.807, 2.05) is 0 Å². The van der Waals surface area contributed by atoms with Crippen LogP contribution in [0.15, 0.2) is 121 Å². The Balaban J connectivity index is 1.58. The Morgan fingerprint density at radius 3 is 0.926 bits per heavy atom. The zero-order chi connectivity index (χ0) is 48.4. The van der Waals surface area contributed by atoms with Gasteiger partial charge >= 0.3 is 0 Å². The van der Waals surface area contributed by atoms with E-state index >= 15 is 0 Å². The molecule has 1 aliphatic carbocycles. The maximum atomic E-state index is 2.67. The molecule has 6 heteroatoms. The molecule has 1 aliphatic rings. The molecule has 0 heterocycles. The van der Waals surface area contributed by atoms with Crippen molar-refractivity contribution in [2.45, 2.75) is 164 Å². The minimum absolute atomic E-state index is 0.319. The summed E-state index contributed by atoms with van der Waals surface area (Å²) in [5.74, 6) is 0. The molecule has 0 unspecified atom stereocenters. The predicted octanol–water partition coefficient (Wildman–Crippen LogP) is 15.8. The lowest BCUT2D eigenvalue weighted by molar-refractivity contribution is -0.681. The van der Waals surface area contributed by atoms with E-state index in [9.17, 15) is 0 Å². The molecule has 0 bridgehead atoms. The van der Waals surface area contributed by atoms with Gasteiger partial charge in [0.15, 0.2) is 0 Å². The first-order chi connectivity index (χ1) is 33.4. The first-order valence-electron chi connectivity index (χ1n) is 27.7. The molecule has 0 atom stereocenters. The van der Waals surface area contributed by atoms with E-state index in [2.05, 4.69) is 201 Å². The van der Waals surface area contributed by atoms with Gasteiger partial charge in [0.1, 0.15) is 17.1 Å². The molecule has 0 amide bonds. The molecule has 0 radical (unpaired) electrons. The molecule has 0 saturated carbocycles. The number of benzene rings is 4. The van der Waals surface area contributed by atoms with Gasteiger partial charge in [-0.1, -0.05) is 119 Å². The molecule has 4 aromatic carbocycles. The summed E-state index contributed by atoms with van der Waals surface area (Å²) >= 11 is 0. The van der Waals surface area contributed by atoms with Crippen molar-refractivity contribution in [2.75, 3.05) is 67.1 Å². The standard InChI is InChI=1S/C62H93N6/c1-9-17-45-63(46-18-10-2)53-25-33-57(34-26-53)67(58-35-27-54(28-36-58)64(47-19-11-3)48-20-12-4)61-41-43-62(44-42-61)68(59-37-29-55(30-38-59)65(49-21-13-5)50-22-14-6)60-39-31-56(32-40-60)66(51-23-15-7)52-24-16-8/h25-44,53H,9-24,45-52H2,1-8H3/q+1/p+1. The summed E-state index contributed by atoms with van der Waals surface area (Å²) in [5.41, 5.74) is 11.3. The lowest BCUT2D eigenvalue weighted by Gasteiger charge is -2.28. The fourth-order valence-corrected chi connectivity index (χ4v) is 9.46. The molecule has 0 saturated heterocycles. The van der Waals surface area contributed by atoms with Crippen LogP contribution >= 0.6 is 0 Å². The largest absolute Gasteiger partial charge is 0.372 e. The fraction of sp³-hybridized carbons (Fsp3) is 0.532. The predicted molar refractivity (Wildman–Crippen MR) is 302 cm³/mol. The zero-order valence-corrected chi connectivity index (χ0v) is 44.3. The summed E-state index contributed by atoms with van der Waals surface area (Å²) in [6, 6.07) is 38.1. The minimum atomic E-state index is 0.319. The van der Waals surface area contributed by atoms with Crippen molar-refractivity contribution in [3.63, 3.8) is 0 Å². The van der Waals surface area contributed by atoms with Crippen molar-refractivity contribution < 1.29 is 4.90 Å². The summed E-state index contributed by atoms with van der Waals surface area (Å²) in [4.78, 5) is 11.7. The Kier molecular flexibility index (Phi) is 24.6. The number of hydrogen-bond donors (Lipinski definition) is 1. The van der Waals surface area contributed by atoms with Crippen molar-refractivity contribution in [3.05, 3.63) is 121 Å². The van der Waals surface area contributed by atoms with Gasteiger partial charge in [0.2, 0.25) is 17.1 Å². The Hall–Kier alpha value is -4.65. The lowest BCUT2D eigenvalue weighted by Crippen LogP contribution is -2.96. The van der Waals surface area contributed by atoms with E-state index in [1.165, 1.54) is 159 Å². The van der Waals surface area contributed by atoms with Crippen molar-refractivity contribution >= 4 is 51.2 Å². The molecule has 6 nitrogen and oxygen atoms in total. The molecule has 1 N–H and O–H groups in total. The van der Waals surface area contributed by atoms with E-state index < -0.39 is 0 Å². The number of anilines is 3. The second-order valence-electron chi connectivity index (χ2n) is 19.3. The van der Waals surface area contributed by atoms with Gasteiger partial charge in [-0.05, 0) is 101 Å². The molecular formula is C62H94N6+2. The van der Waals surface area contributed by atoms with Crippen LogP contribution in [0.1, 0.15) is 158 Å². The Bertz CT molecular complexity index is 1940. The SMILES string of the molecule is CCCCN(CCCC)c1ccc([N+](=C2C=CC(N(CCCC)CCCC)C=C2)c2ccc([NH+](c3ccc(N(CCCC)CCCC)cc3)c3ccc(N(CCCC)CCCC)cc3)cc2)cc1. The van der Waals surface area contributed by atoms with Crippen molar-refractivity contribution in [1.29, 1.82) is 0 Å². The quantitative estimate of drug-likeness (QED) is 0.0480. The fourth-order valence-electron chi connectivity index (χ4n) is 9.46. The van der Waals surface area contributed by atoms with Gasteiger partial charge in [-0.15, -0.1) is 0 Å². The van der Waals surface area contributed by atoms with Crippen LogP contribution in [0, 0.1) is 0 Å². The lowest BCUT2D eigenvalue weighted by atomic mass is 10.1. The third-order valence-electron chi connectivity index (χ3n) is 13.8. The summed E-state index contributed by atoms with van der Waals surface area (Å²) in [7, 11) is 0. The van der Waals surface area contributed by atoms with Crippen LogP contribution in [0.3, 0.4) is 0 Å². The average molecular weight is 923 g/mol. The van der Waals surface area contributed by atoms with E-state index in [1.54, 1.807) is 0 Å². The van der Waals surface area contributed by atoms with Gasteiger partial charge in [-0.25, -0.2) is 4.90 Å². The number of nitrogens with zero attached hydrogens (tertiary/aromatic N) is 5. The number of nitrogens with one attached hydrogen (secondary N) is 1. The second-order valence-corrected chi connectivity index (χ2v) is 19.3. The number of unbranched alkanes of at least 4 members (excludes halogenated alkanes) is 8. The number of allylic oxidation sites excluding steroid dienone is 2. The summed E-state index contributed by atoms with van der Waals surface area (Å²) in [6.07, 6.45) is 29.1. The molecule has 0 fully saturated rings. The van der Waals surface area contributed by atoms with Gasteiger partial charge in [0.25, 0.3) is 0 Å². The van der Waals surface area contributed by atoms with Gasteiger partial charge in [-0.2, -0.15) is 4.58 Å². The highest BCUT2D eigenvalue weighted by Crippen LogP contribution is 2.29. The molecule has 0 spiro atoms. The Labute approximate surface area is 416 Å². The average Bonchev–Trinajstić information content (AvgIpc) is 3.38. The number of quaternary nitrogens is 1. The molecular weight excluding hydrogens is 829 g/mol. The third-order valence-corrected chi connectivity index (χ3v) is 13.8. The van der Waals surface area contributed by atoms with Crippen LogP contribution in [-0.4, -0.2) is 69.0 Å². The zero-order valence-electron chi connectivity index (χ0n) is 44.3. The Morgan fingerprint density at radius 1 is 0.353 bits per heavy atom. The van der Waals surface area contributed by atoms with E-state index in [4.69, 9.17) is 0 Å². The Morgan fingerprint density at radius 2 is 0.618 bits per heavy atom. The van der Waals surface area contributed by atoms with Crippen LogP contribution in [-0.2, 0) is 0 Å². The maximum absolute atomic E-state index is 2.67. The molecule has 4 aromatic rings. The van der Waals surface area contributed by atoms with Crippen molar-refractivity contribution in [3.8, 4) is 0 Å². The summed E-state index contributed by atoms with van der Waals surface area (Å²) < 4.78 is 2.47. The van der Waals surface area contributed by atoms with E-state index in [0.717, 1.165) is 52.4 Å². The first kappa shape index (κ1) is 54.3. The second kappa shape index (κ2) is 30.8. The van der Waals surface area contributed by atoms with Crippen molar-refractivity contribution in [1.82, 2.24) is 9.48 Å². The highest BCUT2D eigenvalue weighted by molar-refractivity contribution is 6.08. The van der Waals surface area contributed by atoms with E-state index in [0.29, 0.717) is 6.04 Å². The first-order valence-corrected chi connectivity index (χ1v) is 27.7. The molecule has 68 heavy (non-hydrogen) atoms. The summed E-state index contributed by atoms with van der Waals surface area (Å²) in [6.45, 7) is 27.3. The van der Waals surface area contributed by atoms with Crippen LogP contribution in [0.2, 0.25) is 0 Å². The van der Waals surface area contributed by atoms with Crippen molar-refractivity contribution in [2.24, 2.45) is 0 Å². The van der Waals surface area contributed by atoms with Crippen LogP contribution in [0.5, 0.6) is 0 Å². The smallest absolute Gasteiger partial charge is 0.212 e. The number of rotatable bonds is 33. The van der Waals surface area contributed by atoms with Gasteiger partial charge in [0.05, 0.1) is 0 Å². The number of hydrogen-bond acceptors (Lipinski definition) is 4. The molecule has 0 aliphatic heterocycles. The maximum Gasteiger partial charge on any atom is 0.212 e. The van der Waals surface area contributed by atoms with E-state index in [-0.39, 0.29) is 0 Å². The normalized spacial score (nSPS) is 13.5. The highest BCUT2D eigenvalue weighted by atomic mass is 15.2. The van der Waals surface area contributed by atoms with Gasteiger partial charge in [-0.3, -0.25) is 4.90 Å². The summed E-state index contributed by atoms with van der Waals surface area (Å²) in [5, 5.41) is 0. The molecule has 5 rings (SSSR count). The molecule has 370 valence electrons. The monoisotopic (exact) mass is 923 g/mol. The van der Waals surface area contributed by atoms with Gasteiger partial charge in [0, 0.05) is 135 Å². The third kappa shape index (κ3) is 16.2. The highest BCUT2D eigenvalue weighted by Gasteiger charge is 2.26. The molecule has 0 aromatic heterocycles. The van der Waals surface area contributed by atoms with Crippen LogP contribution < -0.4 is 24.2 Å². The van der Waals surface area contributed by atoms with Crippen LogP contribution in [0.25, 0.3) is 0 Å².